The van der Waals surface area contributed by atoms with E-state index in [1.54, 1.807) is 6.20 Å². The molecule has 2 aromatic heterocycles. The molecule has 0 aromatic carbocycles. The molecule has 0 spiro atoms. The third-order valence-electron chi connectivity index (χ3n) is 2.37. The first-order valence-electron chi connectivity index (χ1n) is 5.05. The van der Waals surface area contributed by atoms with Gasteiger partial charge < -0.3 is 15.6 Å². The molecule has 0 amide bonds. The molecule has 0 saturated heterocycles. The number of imidazole rings is 1. The number of aromatic nitrogens is 3. The van der Waals surface area contributed by atoms with Crippen LogP contribution in [0.25, 0.3) is 0 Å². The SMILES string of the molecule is Cn1ccnc1CNc1snc(N)c1S(C)(=O)=O. The van der Waals surface area contributed by atoms with Crippen molar-refractivity contribution in [3.8, 4) is 0 Å². The van der Waals surface area contributed by atoms with E-state index in [4.69, 9.17) is 5.73 Å². The molecule has 0 aliphatic carbocycles. The highest BCUT2D eigenvalue weighted by atomic mass is 32.2. The van der Waals surface area contributed by atoms with Crippen molar-refractivity contribution in [2.75, 3.05) is 17.3 Å². The average molecular weight is 287 g/mol. The Balaban J connectivity index is 2.24. The molecule has 0 atom stereocenters. The molecule has 98 valence electrons. The van der Waals surface area contributed by atoms with Gasteiger partial charge in [-0.05, 0) is 11.5 Å². The molecule has 2 aromatic rings. The Bertz CT molecular complexity index is 658. The number of sulfone groups is 1. The van der Waals surface area contributed by atoms with Gasteiger partial charge in [-0.2, -0.15) is 4.37 Å². The second-order valence-electron chi connectivity index (χ2n) is 3.81. The molecule has 0 aliphatic rings. The van der Waals surface area contributed by atoms with Crippen LogP contribution >= 0.6 is 11.5 Å². The second kappa shape index (κ2) is 4.58. The van der Waals surface area contributed by atoms with Gasteiger partial charge >= 0.3 is 0 Å². The van der Waals surface area contributed by atoms with Crippen LogP contribution in [-0.4, -0.2) is 28.6 Å². The summed E-state index contributed by atoms with van der Waals surface area (Å²) in [5.41, 5.74) is 5.57. The predicted octanol–water partition coefficient (Wildman–Crippen LogP) is 0.474. The topological polar surface area (TPSA) is 103 Å². The number of hydrogen-bond acceptors (Lipinski definition) is 7. The zero-order valence-electron chi connectivity index (χ0n) is 9.91. The van der Waals surface area contributed by atoms with Gasteiger partial charge in [0.05, 0.1) is 6.54 Å². The van der Waals surface area contributed by atoms with Crippen LogP contribution in [0.5, 0.6) is 0 Å². The van der Waals surface area contributed by atoms with E-state index >= 15 is 0 Å². The Morgan fingerprint density at radius 1 is 1.56 bits per heavy atom. The van der Waals surface area contributed by atoms with Crippen molar-refractivity contribution in [2.24, 2.45) is 7.05 Å². The predicted molar refractivity (Wildman–Crippen MR) is 70.2 cm³/mol. The van der Waals surface area contributed by atoms with Crippen molar-refractivity contribution in [1.29, 1.82) is 0 Å². The van der Waals surface area contributed by atoms with Crippen LogP contribution in [0.4, 0.5) is 10.8 Å². The average Bonchev–Trinajstić information content (AvgIpc) is 2.81. The number of hydrogen-bond donors (Lipinski definition) is 2. The number of nitrogen functional groups attached to an aromatic ring is 1. The van der Waals surface area contributed by atoms with E-state index < -0.39 is 9.84 Å². The highest BCUT2D eigenvalue weighted by Crippen LogP contribution is 2.31. The molecular formula is C9H13N5O2S2. The van der Waals surface area contributed by atoms with E-state index in [0.29, 0.717) is 11.5 Å². The molecule has 2 heterocycles. The maximum atomic E-state index is 11.6. The van der Waals surface area contributed by atoms with E-state index in [2.05, 4.69) is 14.7 Å². The Morgan fingerprint density at radius 2 is 2.28 bits per heavy atom. The van der Waals surface area contributed by atoms with Gasteiger partial charge in [0, 0.05) is 25.7 Å². The van der Waals surface area contributed by atoms with Crippen LogP contribution in [0.1, 0.15) is 5.82 Å². The molecule has 0 unspecified atom stereocenters. The summed E-state index contributed by atoms with van der Waals surface area (Å²) in [5, 5.41) is 3.44. The van der Waals surface area contributed by atoms with Crippen LogP contribution in [0.3, 0.4) is 0 Å². The molecule has 18 heavy (non-hydrogen) atoms. The summed E-state index contributed by atoms with van der Waals surface area (Å²) < 4.78 is 28.9. The molecule has 2 rings (SSSR count). The minimum atomic E-state index is -3.39. The van der Waals surface area contributed by atoms with Gasteiger partial charge in [-0.1, -0.05) is 0 Å². The van der Waals surface area contributed by atoms with Gasteiger partial charge in [0.25, 0.3) is 0 Å². The number of nitrogens with one attached hydrogen (secondary N) is 1. The van der Waals surface area contributed by atoms with Crippen LogP contribution in [0.15, 0.2) is 17.3 Å². The van der Waals surface area contributed by atoms with E-state index in [1.165, 1.54) is 0 Å². The van der Waals surface area contributed by atoms with Crippen molar-refractivity contribution in [1.82, 2.24) is 13.9 Å². The molecule has 0 radical (unpaired) electrons. The highest BCUT2D eigenvalue weighted by molar-refractivity contribution is 7.91. The summed E-state index contributed by atoms with van der Waals surface area (Å²) in [5.74, 6) is 0.825. The fourth-order valence-corrected chi connectivity index (χ4v) is 3.55. The lowest BCUT2D eigenvalue weighted by molar-refractivity contribution is 0.602. The summed E-state index contributed by atoms with van der Waals surface area (Å²) in [6, 6.07) is 0. The van der Waals surface area contributed by atoms with Crippen LogP contribution in [-0.2, 0) is 23.4 Å². The molecule has 7 nitrogen and oxygen atoms in total. The molecule has 0 bridgehead atoms. The molecule has 0 saturated carbocycles. The Morgan fingerprint density at radius 3 is 2.83 bits per heavy atom. The van der Waals surface area contributed by atoms with Gasteiger partial charge in [-0.25, -0.2) is 13.4 Å². The summed E-state index contributed by atoms with van der Waals surface area (Å²) >= 11 is 1.03. The third-order valence-corrected chi connectivity index (χ3v) is 4.48. The summed E-state index contributed by atoms with van der Waals surface area (Å²) in [7, 11) is -1.53. The zero-order valence-corrected chi connectivity index (χ0v) is 11.5. The number of aryl methyl sites for hydroxylation is 1. The molecule has 9 heteroatoms. The van der Waals surface area contributed by atoms with Gasteiger partial charge in [-0.15, -0.1) is 0 Å². The molecule has 0 aliphatic heterocycles. The lowest BCUT2D eigenvalue weighted by atomic mass is 10.5. The lowest BCUT2D eigenvalue weighted by Gasteiger charge is -2.05. The molecular weight excluding hydrogens is 274 g/mol. The number of rotatable bonds is 4. The van der Waals surface area contributed by atoms with Gasteiger partial charge in [0.2, 0.25) is 0 Å². The van der Waals surface area contributed by atoms with E-state index in [1.807, 2.05) is 17.8 Å². The van der Waals surface area contributed by atoms with Gasteiger partial charge in [-0.3, -0.25) is 0 Å². The van der Waals surface area contributed by atoms with Crippen molar-refractivity contribution < 1.29 is 8.42 Å². The fraction of sp³-hybridized carbons (Fsp3) is 0.333. The Hall–Kier alpha value is -1.61. The highest BCUT2D eigenvalue weighted by Gasteiger charge is 2.21. The summed E-state index contributed by atoms with van der Waals surface area (Å²) in [6.07, 6.45) is 4.60. The maximum Gasteiger partial charge on any atom is 0.182 e. The van der Waals surface area contributed by atoms with E-state index in [9.17, 15) is 8.42 Å². The van der Waals surface area contributed by atoms with Crippen molar-refractivity contribution in [3.63, 3.8) is 0 Å². The van der Waals surface area contributed by atoms with Crippen molar-refractivity contribution in [3.05, 3.63) is 18.2 Å². The lowest BCUT2D eigenvalue weighted by Crippen LogP contribution is -2.08. The monoisotopic (exact) mass is 287 g/mol. The number of nitrogens with zero attached hydrogens (tertiary/aromatic N) is 3. The van der Waals surface area contributed by atoms with Gasteiger partial charge in [0.1, 0.15) is 15.7 Å². The van der Waals surface area contributed by atoms with Crippen molar-refractivity contribution in [2.45, 2.75) is 11.4 Å². The first-order valence-corrected chi connectivity index (χ1v) is 7.71. The minimum Gasteiger partial charge on any atom is -0.382 e. The van der Waals surface area contributed by atoms with Crippen LogP contribution < -0.4 is 11.1 Å². The summed E-state index contributed by atoms with van der Waals surface area (Å²) in [6.45, 7) is 0.410. The smallest absolute Gasteiger partial charge is 0.182 e. The maximum absolute atomic E-state index is 11.6. The van der Waals surface area contributed by atoms with E-state index in [0.717, 1.165) is 23.6 Å². The first-order chi connectivity index (χ1) is 8.39. The van der Waals surface area contributed by atoms with Crippen molar-refractivity contribution >= 4 is 32.2 Å². The quantitative estimate of drug-likeness (QED) is 0.847. The Labute approximate surface area is 109 Å². The first kappa shape index (κ1) is 12.8. The second-order valence-corrected chi connectivity index (χ2v) is 6.53. The van der Waals surface area contributed by atoms with Crippen LogP contribution in [0.2, 0.25) is 0 Å². The largest absolute Gasteiger partial charge is 0.382 e. The zero-order chi connectivity index (χ0) is 13.3. The number of anilines is 2. The standard InChI is InChI=1S/C9H13N5O2S2/c1-14-4-3-11-6(14)5-12-9-7(18(2,15)16)8(10)13-17-9/h3-4,12H,5H2,1-2H3,(H2,10,13). The van der Waals surface area contributed by atoms with E-state index in [-0.39, 0.29) is 10.7 Å². The third kappa shape index (κ3) is 2.46. The fourth-order valence-electron chi connectivity index (χ4n) is 1.49. The molecule has 0 fully saturated rings. The van der Waals surface area contributed by atoms with Crippen LogP contribution in [0, 0.1) is 0 Å². The number of nitrogens with two attached hydrogens (primary N) is 1. The minimum absolute atomic E-state index is 0.0323. The molecule has 3 N–H and O–H groups in total. The Kier molecular flexibility index (Phi) is 3.26. The normalized spacial score (nSPS) is 11.7. The summed E-state index contributed by atoms with van der Waals surface area (Å²) in [4.78, 5) is 4.19. The van der Waals surface area contributed by atoms with Gasteiger partial charge in [0.15, 0.2) is 15.7 Å².